The smallest absolute Gasteiger partial charge is 0.344 e. The minimum Gasteiger partial charge on any atom is -0.543 e. The molecule has 0 unspecified atom stereocenters. The average Bonchev–Trinajstić information content (AvgIpc) is 2.73. The van der Waals surface area contributed by atoms with Crippen LogP contribution in [0, 0.1) is 0 Å². The number of aryl methyl sites for hydroxylation is 1. The van der Waals surface area contributed by atoms with Crippen LogP contribution < -0.4 is 19.2 Å². The highest BCUT2D eigenvalue weighted by molar-refractivity contribution is 6.75. The van der Waals surface area contributed by atoms with Crippen molar-refractivity contribution >= 4 is 27.6 Å². The summed E-state index contributed by atoms with van der Waals surface area (Å²) in [5.74, 6) is 2.20. The lowest BCUT2D eigenvalue weighted by Gasteiger charge is -2.36. The first kappa shape index (κ1) is 27.5. The van der Waals surface area contributed by atoms with Crippen LogP contribution in [0.2, 0.25) is 36.3 Å². The molecule has 37 heavy (non-hydrogen) atoms. The van der Waals surface area contributed by atoms with Gasteiger partial charge >= 0.3 is 5.63 Å². The average molecular weight is 539 g/mol. The molecule has 2 heterocycles. The maximum absolute atomic E-state index is 13.4. The SMILES string of the molecule is CC(C)(C)[Si](C)(C)Oc1ccc2c(c1)OCCCc1c-2c(=O)oc2cc(O[Si](C)(C)C(C)(C)C)ccc12. The van der Waals surface area contributed by atoms with Gasteiger partial charge in [-0.1, -0.05) is 41.5 Å². The predicted molar refractivity (Wildman–Crippen MR) is 157 cm³/mol. The summed E-state index contributed by atoms with van der Waals surface area (Å²) in [6.07, 6.45) is 1.54. The second-order valence-electron chi connectivity index (χ2n) is 13.2. The molecule has 7 heteroatoms. The predicted octanol–water partition coefficient (Wildman–Crippen LogP) is 8.55. The van der Waals surface area contributed by atoms with E-state index in [0.717, 1.165) is 40.9 Å². The van der Waals surface area contributed by atoms with Crippen molar-refractivity contribution in [1.29, 1.82) is 0 Å². The molecule has 1 aliphatic heterocycles. The summed E-state index contributed by atoms with van der Waals surface area (Å²) in [5, 5.41) is 1.11. The second-order valence-corrected chi connectivity index (χ2v) is 22.7. The summed E-state index contributed by atoms with van der Waals surface area (Å²) >= 11 is 0. The number of hydrogen-bond acceptors (Lipinski definition) is 5. The summed E-state index contributed by atoms with van der Waals surface area (Å²) in [7, 11) is -4.03. The summed E-state index contributed by atoms with van der Waals surface area (Å²) < 4.78 is 25.0. The van der Waals surface area contributed by atoms with Gasteiger partial charge in [-0.15, -0.1) is 0 Å². The third kappa shape index (κ3) is 5.39. The molecule has 1 aliphatic rings. The third-order valence-corrected chi connectivity index (χ3v) is 17.1. The van der Waals surface area contributed by atoms with Gasteiger partial charge in [0.1, 0.15) is 22.8 Å². The van der Waals surface area contributed by atoms with E-state index in [-0.39, 0.29) is 15.7 Å². The Kier molecular flexibility index (Phi) is 6.95. The molecule has 0 amide bonds. The zero-order valence-electron chi connectivity index (χ0n) is 24.1. The fraction of sp³-hybridized carbons (Fsp3) is 0.500. The van der Waals surface area contributed by atoms with Crippen LogP contribution >= 0.6 is 0 Å². The van der Waals surface area contributed by atoms with E-state index in [1.54, 1.807) is 0 Å². The first-order valence-electron chi connectivity index (χ1n) is 13.3. The summed E-state index contributed by atoms with van der Waals surface area (Å²) in [4.78, 5) is 13.4. The number of benzene rings is 2. The zero-order chi connectivity index (χ0) is 27.4. The molecule has 0 saturated carbocycles. The van der Waals surface area contributed by atoms with Crippen molar-refractivity contribution in [2.75, 3.05) is 6.61 Å². The van der Waals surface area contributed by atoms with Crippen molar-refractivity contribution in [2.24, 2.45) is 0 Å². The van der Waals surface area contributed by atoms with Crippen molar-refractivity contribution in [3.05, 3.63) is 52.4 Å². The summed E-state index contributed by atoms with van der Waals surface area (Å²) in [6, 6.07) is 11.8. The van der Waals surface area contributed by atoms with Crippen LogP contribution in [0.25, 0.3) is 22.1 Å². The topological polar surface area (TPSA) is 57.9 Å². The molecule has 0 bridgehead atoms. The third-order valence-electron chi connectivity index (χ3n) is 8.40. The minimum atomic E-state index is -2.02. The van der Waals surface area contributed by atoms with Crippen LogP contribution in [0.5, 0.6) is 17.2 Å². The van der Waals surface area contributed by atoms with Gasteiger partial charge in [0.25, 0.3) is 0 Å². The molecule has 0 saturated heterocycles. The van der Waals surface area contributed by atoms with Gasteiger partial charge in [-0.3, -0.25) is 0 Å². The Labute approximate surface area is 223 Å². The Bertz CT molecular complexity index is 1370. The van der Waals surface area contributed by atoms with E-state index in [0.29, 0.717) is 23.5 Å². The molecule has 200 valence electrons. The second kappa shape index (κ2) is 9.35. The highest BCUT2D eigenvalue weighted by atomic mass is 28.4. The molecule has 0 radical (unpaired) electrons. The molecule has 4 rings (SSSR count). The van der Waals surface area contributed by atoms with Crippen molar-refractivity contribution in [2.45, 2.75) is 90.6 Å². The van der Waals surface area contributed by atoms with Gasteiger partial charge in [-0.2, -0.15) is 0 Å². The molecule has 0 aliphatic carbocycles. The van der Waals surface area contributed by atoms with Gasteiger partial charge in [0.05, 0.1) is 12.2 Å². The monoisotopic (exact) mass is 538 g/mol. The largest absolute Gasteiger partial charge is 0.543 e. The van der Waals surface area contributed by atoms with Crippen LogP contribution in [0.15, 0.2) is 45.6 Å². The number of ether oxygens (including phenoxy) is 1. The maximum Gasteiger partial charge on any atom is 0.344 e. The molecule has 2 aromatic carbocycles. The molecular weight excluding hydrogens is 496 g/mol. The Morgan fingerprint density at radius 2 is 1.38 bits per heavy atom. The van der Waals surface area contributed by atoms with Crippen molar-refractivity contribution in [1.82, 2.24) is 0 Å². The van der Waals surface area contributed by atoms with Crippen LogP contribution in [-0.2, 0) is 6.42 Å². The molecule has 1 aromatic heterocycles. The van der Waals surface area contributed by atoms with Gasteiger partial charge in [-0.05, 0) is 78.9 Å². The van der Waals surface area contributed by atoms with Gasteiger partial charge in [0.2, 0.25) is 16.6 Å². The van der Waals surface area contributed by atoms with E-state index in [4.69, 9.17) is 18.0 Å². The lowest BCUT2D eigenvalue weighted by atomic mass is 9.93. The van der Waals surface area contributed by atoms with Crippen LogP contribution in [-0.4, -0.2) is 23.2 Å². The fourth-order valence-electron chi connectivity index (χ4n) is 4.06. The highest BCUT2D eigenvalue weighted by Crippen LogP contribution is 2.42. The van der Waals surface area contributed by atoms with E-state index >= 15 is 0 Å². The van der Waals surface area contributed by atoms with E-state index in [9.17, 15) is 4.79 Å². The molecular formula is C30H42O5Si2. The Balaban J connectivity index is 1.79. The van der Waals surface area contributed by atoms with Gasteiger partial charge in [0, 0.05) is 23.1 Å². The standard InChI is InChI=1S/C30H42O5Si2/c1-29(2,3)36(7,8)34-20-14-16-24-25(18-20)32-17-11-12-23-22-15-13-21(35-37(9,10)30(4,5)6)19-26(22)33-28(31)27(23)24/h13-16,18-19H,11-12,17H2,1-10H3. The summed E-state index contributed by atoms with van der Waals surface area (Å²) in [5.41, 5.74) is 2.57. The number of hydrogen-bond donors (Lipinski definition) is 0. The van der Waals surface area contributed by atoms with Gasteiger partial charge < -0.3 is 18.0 Å². The highest BCUT2D eigenvalue weighted by Gasteiger charge is 2.40. The fourth-order valence-corrected chi connectivity index (χ4v) is 6.10. The van der Waals surface area contributed by atoms with Crippen LogP contribution in [0.3, 0.4) is 0 Å². The Hall–Kier alpha value is -2.52. The first-order valence-corrected chi connectivity index (χ1v) is 19.1. The zero-order valence-corrected chi connectivity index (χ0v) is 26.1. The first-order chi connectivity index (χ1) is 17.0. The summed E-state index contributed by atoms with van der Waals surface area (Å²) in [6.45, 7) is 22.8. The van der Waals surface area contributed by atoms with Crippen molar-refractivity contribution < 1.29 is 18.0 Å². The van der Waals surface area contributed by atoms with E-state index in [1.165, 1.54) is 0 Å². The van der Waals surface area contributed by atoms with E-state index in [1.807, 2.05) is 36.4 Å². The van der Waals surface area contributed by atoms with Crippen LogP contribution in [0.4, 0.5) is 0 Å². The van der Waals surface area contributed by atoms with Crippen LogP contribution in [0.1, 0.15) is 53.5 Å². The van der Waals surface area contributed by atoms with Gasteiger partial charge in [0.15, 0.2) is 0 Å². The lowest BCUT2D eigenvalue weighted by Crippen LogP contribution is -2.43. The maximum atomic E-state index is 13.4. The number of rotatable bonds is 4. The van der Waals surface area contributed by atoms with E-state index < -0.39 is 16.6 Å². The normalized spacial score (nSPS) is 14.8. The minimum absolute atomic E-state index is 0.0751. The quantitative estimate of drug-likeness (QED) is 0.246. The van der Waals surface area contributed by atoms with Crippen molar-refractivity contribution in [3.8, 4) is 28.4 Å². The molecule has 0 spiro atoms. The Morgan fingerprint density at radius 3 is 1.97 bits per heavy atom. The lowest BCUT2D eigenvalue weighted by molar-refractivity contribution is 0.309. The molecule has 0 fully saturated rings. The van der Waals surface area contributed by atoms with E-state index in [2.05, 4.69) is 67.7 Å². The molecule has 5 nitrogen and oxygen atoms in total. The molecule has 0 atom stereocenters. The molecule has 3 aromatic rings. The molecule has 0 N–H and O–H groups in total. The van der Waals surface area contributed by atoms with Gasteiger partial charge in [-0.25, -0.2) is 4.79 Å². The van der Waals surface area contributed by atoms with Crippen molar-refractivity contribution in [3.63, 3.8) is 0 Å². The number of fused-ring (bicyclic) bond motifs is 5. The Morgan fingerprint density at radius 1 is 0.811 bits per heavy atom.